The summed E-state index contributed by atoms with van der Waals surface area (Å²) in [5.74, 6) is 0.0419. The van der Waals surface area contributed by atoms with E-state index >= 15 is 0 Å². The predicted molar refractivity (Wildman–Crippen MR) is 110 cm³/mol. The molecular formula is C22H24N4O2. The fourth-order valence-corrected chi connectivity index (χ4v) is 3.05. The predicted octanol–water partition coefficient (Wildman–Crippen LogP) is 2.57. The van der Waals surface area contributed by atoms with Crippen LogP contribution >= 0.6 is 0 Å². The van der Waals surface area contributed by atoms with Crippen LogP contribution in [-0.4, -0.2) is 22.8 Å². The molecule has 6 heteroatoms. The van der Waals surface area contributed by atoms with Crippen LogP contribution in [0.3, 0.4) is 0 Å². The van der Waals surface area contributed by atoms with Crippen molar-refractivity contribution in [3.63, 3.8) is 0 Å². The number of fused-ring (bicyclic) bond motifs is 1. The molecule has 6 nitrogen and oxygen atoms in total. The molecular weight excluding hydrogens is 352 g/mol. The average Bonchev–Trinajstić information content (AvgIpc) is 2.72. The maximum atomic E-state index is 12.8. The molecule has 3 aromatic rings. The summed E-state index contributed by atoms with van der Waals surface area (Å²) >= 11 is 0. The second-order valence-electron chi connectivity index (χ2n) is 6.63. The largest absolute Gasteiger partial charge is 0.384 e. The van der Waals surface area contributed by atoms with E-state index in [1.165, 1.54) is 0 Å². The lowest BCUT2D eigenvalue weighted by atomic mass is 9.98. The lowest BCUT2D eigenvalue weighted by Crippen LogP contribution is -2.47. The molecule has 0 saturated carbocycles. The fraction of sp³-hybridized carbons (Fsp3) is 0.227. The maximum absolute atomic E-state index is 12.8. The lowest BCUT2D eigenvalue weighted by molar-refractivity contribution is -0.128. The van der Waals surface area contributed by atoms with Crippen molar-refractivity contribution in [2.45, 2.75) is 32.4 Å². The van der Waals surface area contributed by atoms with Crippen molar-refractivity contribution in [1.29, 1.82) is 0 Å². The van der Waals surface area contributed by atoms with Gasteiger partial charge in [-0.25, -0.2) is 4.98 Å². The first-order valence-electron chi connectivity index (χ1n) is 9.31. The van der Waals surface area contributed by atoms with Crippen LogP contribution in [0, 0.1) is 0 Å². The lowest BCUT2D eigenvalue weighted by Gasteiger charge is -2.19. The summed E-state index contributed by atoms with van der Waals surface area (Å²) in [4.78, 5) is 28.8. The van der Waals surface area contributed by atoms with Crippen molar-refractivity contribution >= 4 is 28.4 Å². The molecule has 0 aliphatic rings. The number of pyridine rings is 1. The van der Waals surface area contributed by atoms with E-state index in [1.54, 1.807) is 19.2 Å². The minimum absolute atomic E-state index is 0.158. The van der Waals surface area contributed by atoms with E-state index in [-0.39, 0.29) is 11.8 Å². The average molecular weight is 376 g/mol. The van der Waals surface area contributed by atoms with Crippen LogP contribution in [0.25, 0.3) is 10.8 Å². The highest BCUT2D eigenvalue weighted by molar-refractivity contribution is 5.90. The zero-order valence-electron chi connectivity index (χ0n) is 15.8. The van der Waals surface area contributed by atoms with Crippen molar-refractivity contribution in [2.75, 3.05) is 5.73 Å². The number of nitrogens with one attached hydrogen (secondary N) is 2. The summed E-state index contributed by atoms with van der Waals surface area (Å²) in [5.41, 5.74) is 7.44. The summed E-state index contributed by atoms with van der Waals surface area (Å²) in [6, 6.07) is 16.9. The Hall–Kier alpha value is -3.41. The Morgan fingerprint density at radius 1 is 1.07 bits per heavy atom. The van der Waals surface area contributed by atoms with Crippen molar-refractivity contribution in [3.8, 4) is 0 Å². The number of aromatic nitrogens is 1. The summed E-state index contributed by atoms with van der Waals surface area (Å²) in [7, 11) is 0. The Morgan fingerprint density at radius 2 is 1.86 bits per heavy atom. The van der Waals surface area contributed by atoms with E-state index in [9.17, 15) is 9.59 Å². The smallest absolute Gasteiger partial charge is 0.243 e. The molecule has 0 radical (unpaired) electrons. The van der Waals surface area contributed by atoms with Gasteiger partial charge < -0.3 is 16.4 Å². The first-order valence-corrected chi connectivity index (χ1v) is 9.31. The molecule has 1 unspecified atom stereocenters. The van der Waals surface area contributed by atoms with Crippen molar-refractivity contribution in [2.24, 2.45) is 0 Å². The van der Waals surface area contributed by atoms with Gasteiger partial charge in [0.05, 0.1) is 0 Å². The van der Waals surface area contributed by atoms with Crippen LogP contribution < -0.4 is 16.4 Å². The van der Waals surface area contributed by atoms with Crippen LogP contribution in [0.1, 0.15) is 24.5 Å². The molecule has 4 N–H and O–H groups in total. The molecule has 0 fully saturated rings. The van der Waals surface area contributed by atoms with Gasteiger partial charge in [0.25, 0.3) is 0 Å². The number of amides is 2. The number of carbonyl (C=O) groups excluding carboxylic acids is 2. The number of hydrogen-bond acceptors (Lipinski definition) is 4. The Balaban J connectivity index is 1.76. The van der Waals surface area contributed by atoms with Gasteiger partial charge in [0.2, 0.25) is 11.8 Å². The van der Waals surface area contributed by atoms with Crippen LogP contribution in [-0.2, 0) is 22.6 Å². The first kappa shape index (κ1) is 19.4. The quantitative estimate of drug-likeness (QED) is 0.590. The number of nitrogens with zero attached hydrogens (tertiary/aromatic N) is 1. The van der Waals surface area contributed by atoms with Crippen molar-refractivity contribution in [1.82, 2.24) is 15.6 Å². The third-order valence-corrected chi connectivity index (χ3v) is 4.59. The Bertz CT molecular complexity index is 964. The molecule has 1 atom stereocenters. The van der Waals surface area contributed by atoms with Crippen LogP contribution in [0.5, 0.6) is 0 Å². The highest BCUT2D eigenvalue weighted by atomic mass is 16.2. The summed E-state index contributed by atoms with van der Waals surface area (Å²) < 4.78 is 0. The second kappa shape index (κ2) is 8.99. The molecule has 0 bridgehead atoms. The van der Waals surface area contributed by atoms with Gasteiger partial charge in [0.1, 0.15) is 11.9 Å². The number of nitrogens with two attached hydrogens (primary N) is 1. The van der Waals surface area contributed by atoms with Crippen molar-refractivity contribution in [3.05, 3.63) is 71.9 Å². The Morgan fingerprint density at radius 3 is 2.61 bits per heavy atom. The number of carbonyl (C=O) groups is 2. The highest BCUT2D eigenvalue weighted by Crippen LogP contribution is 2.20. The molecule has 2 amide bonds. The third kappa shape index (κ3) is 4.85. The number of rotatable bonds is 7. The highest BCUT2D eigenvalue weighted by Gasteiger charge is 2.21. The second-order valence-corrected chi connectivity index (χ2v) is 6.63. The minimum Gasteiger partial charge on any atom is -0.384 e. The van der Waals surface area contributed by atoms with E-state index in [1.807, 2.05) is 48.5 Å². The Labute approximate surface area is 164 Å². The van der Waals surface area contributed by atoms with Gasteiger partial charge in [-0.3, -0.25) is 9.59 Å². The summed E-state index contributed by atoms with van der Waals surface area (Å²) in [6.45, 7) is 2.09. The first-order chi connectivity index (χ1) is 13.6. The number of benzene rings is 2. The van der Waals surface area contributed by atoms with E-state index in [2.05, 4.69) is 15.6 Å². The molecule has 0 saturated heterocycles. The number of anilines is 1. The molecule has 0 aliphatic heterocycles. The van der Waals surface area contributed by atoms with Gasteiger partial charge >= 0.3 is 0 Å². The summed E-state index contributed by atoms with van der Waals surface area (Å²) in [6.07, 6.45) is 2.36. The molecule has 144 valence electrons. The van der Waals surface area contributed by atoms with Crippen molar-refractivity contribution < 1.29 is 9.59 Å². The van der Waals surface area contributed by atoms with E-state index in [0.29, 0.717) is 25.2 Å². The van der Waals surface area contributed by atoms with Crippen LogP contribution in [0.2, 0.25) is 0 Å². The van der Waals surface area contributed by atoms with Crippen LogP contribution in [0.4, 0.5) is 5.82 Å². The SMILES string of the molecule is CCC(=O)NC(Cc1cccc2ccccc12)C(=O)NCc1ccc(N)nc1. The van der Waals surface area contributed by atoms with Gasteiger partial charge in [-0.1, -0.05) is 55.5 Å². The molecule has 0 spiro atoms. The van der Waals surface area contributed by atoms with Gasteiger partial charge in [-0.05, 0) is 28.0 Å². The molecule has 28 heavy (non-hydrogen) atoms. The van der Waals surface area contributed by atoms with E-state index in [0.717, 1.165) is 21.9 Å². The van der Waals surface area contributed by atoms with Gasteiger partial charge in [0, 0.05) is 25.6 Å². The minimum atomic E-state index is -0.653. The van der Waals surface area contributed by atoms with Crippen LogP contribution in [0.15, 0.2) is 60.8 Å². The standard InChI is InChI=1S/C22H24N4O2/c1-2-21(27)26-19(22(28)25-14-15-10-11-20(23)24-13-15)12-17-8-5-7-16-6-3-4-9-18(16)17/h3-11,13,19H,2,12,14H2,1H3,(H2,23,24)(H,25,28)(H,26,27). The monoisotopic (exact) mass is 376 g/mol. The Kier molecular flexibility index (Phi) is 6.22. The number of nitrogen functional groups attached to an aromatic ring is 1. The molecule has 1 heterocycles. The van der Waals surface area contributed by atoms with E-state index in [4.69, 9.17) is 5.73 Å². The molecule has 0 aliphatic carbocycles. The third-order valence-electron chi connectivity index (χ3n) is 4.59. The molecule has 1 aromatic heterocycles. The van der Waals surface area contributed by atoms with Gasteiger partial charge in [-0.2, -0.15) is 0 Å². The number of hydrogen-bond donors (Lipinski definition) is 3. The zero-order chi connectivity index (χ0) is 19.9. The molecule has 3 rings (SSSR count). The fourth-order valence-electron chi connectivity index (χ4n) is 3.05. The topological polar surface area (TPSA) is 97.1 Å². The zero-order valence-corrected chi connectivity index (χ0v) is 15.8. The molecule has 2 aromatic carbocycles. The summed E-state index contributed by atoms with van der Waals surface area (Å²) in [5, 5.41) is 7.91. The van der Waals surface area contributed by atoms with E-state index < -0.39 is 6.04 Å². The maximum Gasteiger partial charge on any atom is 0.243 e. The van der Waals surface area contributed by atoms with Gasteiger partial charge in [0.15, 0.2) is 0 Å². The normalized spacial score (nSPS) is 11.8. The van der Waals surface area contributed by atoms with Gasteiger partial charge in [-0.15, -0.1) is 0 Å².